The third-order valence-electron chi connectivity index (χ3n) is 6.60. The summed E-state index contributed by atoms with van der Waals surface area (Å²) in [4.78, 5) is 36.0. The van der Waals surface area contributed by atoms with Crippen molar-refractivity contribution >= 4 is 17.6 Å². The van der Waals surface area contributed by atoms with Crippen molar-refractivity contribution in [3.8, 4) is 0 Å². The molecule has 2 N–H and O–H groups in total. The average molecular weight is 458 g/mol. The molecular weight excluding hydrogens is 430 g/mol. The number of amides is 2. The second kappa shape index (κ2) is 9.70. The van der Waals surface area contributed by atoms with Crippen molar-refractivity contribution in [1.29, 1.82) is 0 Å². The number of hydrogen-bond acceptors (Lipinski definition) is 6. The number of benzene rings is 2. The summed E-state index contributed by atoms with van der Waals surface area (Å²) < 4.78 is 6.21. The van der Waals surface area contributed by atoms with Crippen molar-refractivity contribution in [1.82, 2.24) is 20.2 Å². The van der Waals surface area contributed by atoms with Gasteiger partial charge in [0.2, 0.25) is 11.8 Å². The number of fused-ring (bicyclic) bond motifs is 2. The molecule has 8 heteroatoms. The lowest BCUT2D eigenvalue weighted by Crippen LogP contribution is -2.48. The van der Waals surface area contributed by atoms with Crippen LogP contribution < -0.4 is 10.6 Å². The van der Waals surface area contributed by atoms with Crippen LogP contribution in [0.1, 0.15) is 35.6 Å². The van der Waals surface area contributed by atoms with Crippen molar-refractivity contribution in [2.75, 3.05) is 25.0 Å². The number of piperidine rings is 1. The summed E-state index contributed by atoms with van der Waals surface area (Å²) in [5.74, 6) is 0.0298. The van der Waals surface area contributed by atoms with Gasteiger partial charge in [-0.3, -0.25) is 19.9 Å². The number of likely N-dealkylation sites (tertiary alicyclic amines) is 1. The van der Waals surface area contributed by atoms with E-state index in [9.17, 15) is 9.59 Å². The number of hydrogen-bond donors (Lipinski definition) is 2. The fourth-order valence-corrected chi connectivity index (χ4v) is 4.79. The van der Waals surface area contributed by atoms with E-state index in [0.29, 0.717) is 25.5 Å². The smallest absolute Gasteiger partial charge is 0.247 e. The summed E-state index contributed by atoms with van der Waals surface area (Å²) in [6, 6.07) is 17.0. The lowest BCUT2D eigenvalue weighted by Gasteiger charge is -2.39. The van der Waals surface area contributed by atoms with Crippen LogP contribution >= 0.6 is 0 Å². The molecule has 2 aromatic carbocycles. The third-order valence-corrected chi connectivity index (χ3v) is 6.60. The minimum atomic E-state index is -0.701. The largest absolute Gasteiger partial charge is 0.365 e. The Morgan fingerprint density at radius 2 is 1.79 bits per heavy atom. The minimum absolute atomic E-state index is 0.0330. The SMILES string of the molecule is O=C(Nc1cnccn1)C(NCC(=O)N1CCC2(CC1)OCc1ccccc12)c1ccccc1. The summed E-state index contributed by atoms with van der Waals surface area (Å²) in [6.07, 6.45) is 6.08. The molecule has 5 rings (SSSR count). The molecule has 1 saturated heterocycles. The molecule has 0 aliphatic carbocycles. The van der Waals surface area contributed by atoms with E-state index < -0.39 is 6.04 Å². The molecule has 174 valence electrons. The maximum Gasteiger partial charge on any atom is 0.247 e. The molecule has 3 heterocycles. The van der Waals surface area contributed by atoms with E-state index in [2.05, 4.69) is 32.7 Å². The highest BCUT2D eigenvalue weighted by molar-refractivity contribution is 5.95. The van der Waals surface area contributed by atoms with Crippen LogP contribution in [0.4, 0.5) is 5.82 Å². The molecule has 1 unspecified atom stereocenters. The molecule has 2 aliphatic rings. The van der Waals surface area contributed by atoms with Crippen molar-refractivity contribution in [2.24, 2.45) is 0 Å². The fraction of sp³-hybridized carbons (Fsp3) is 0.308. The van der Waals surface area contributed by atoms with E-state index in [-0.39, 0.29) is 24.0 Å². The zero-order valence-electron chi connectivity index (χ0n) is 18.8. The normalized spacial score (nSPS) is 17.2. The molecule has 3 aromatic rings. The molecule has 1 spiro atoms. The van der Waals surface area contributed by atoms with Crippen molar-refractivity contribution < 1.29 is 14.3 Å². The number of ether oxygens (including phenoxy) is 1. The van der Waals surface area contributed by atoms with Crippen molar-refractivity contribution in [3.63, 3.8) is 0 Å². The Kier molecular flexibility index (Phi) is 6.33. The molecule has 0 saturated carbocycles. The number of nitrogens with zero attached hydrogens (tertiary/aromatic N) is 3. The van der Waals surface area contributed by atoms with Gasteiger partial charge >= 0.3 is 0 Å². The first-order chi connectivity index (χ1) is 16.6. The van der Waals surface area contributed by atoms with Gasteiger partial charge in [-0.25, -0.2) is 4.98 Å². The van der Waals surface area contributed by atoms with Gasteiger partial charge in [-0.15, -0.1) is 0 Å². The molecule has 0 radical (unpaired) electrons. The standard InChI is InChI=1S/C26H27N5O3/c32-23(31-14-10-26(11-15-31)21-9-5-4-8-20(21)18-34-26)17-29-24(19-6-2-1-3-7-19)25(33)30-22-16-27-12-13-28-22/h1-9,12-13,16,24,29H,10-11,14-15,17-18H2,(H,28,30,33). The Hall–Kier alpha value is -3.62. The summed E-state index contributed by atoms with van der Waals surface area (Å²) >= 11 is 0. The van der Waals surface area contributed by atoms with Gasteiger partial charge in [0.05, 0.1) is 24.9 Å². The Morgan fingerprint density at radius 1 is 1.03 bits per heavy atom. The Labute approximate surface area is 198 Å². The molecule has 34 heavy (non-hydrogen) atoms. The van der Waals surface area contributed by atoms with Crippen molar-refractivity contribution in [2.45, 2.75) is 31.1 Å². The van der Waals surface area contributed by atoms with Crippen LogP contribution in [0.15, 0.2) is 73.2 Å². The van der Waals surface area contributed by atoms with Gasteiger partial charge in [0.25, 0.3) is 0 Å². The second-order valence-electron chi connectivity index (χ2n) is 8.63. The van der Waals surface area contributed by atoms with Gasteiger partial charge in [0.15, 0.2) is 5.82 Å². The Balaban J connectivity index is 1.22. The van der Waals surface area contributed by atoms with Crippen LogP contribution in [0.25, 0.3) is 0 Å². The number of aromatic nitrogens is 2. The zero-order valence-corrected chi connectivity index (χ0v) is 18.8. The van der Waals surface area contributed by atoms with E-state index in [1.807, 2.05) is 47.4 Å². The number of carbonyl (C=O) groups is 2. The molecule has 1 atom stereocenters. The van der Waals surface area contributed by atoms with E-state index in [0.717, 1.165) is 18.4 Å². The molecule has 8 nitrogen and oxygen atoms in total. The molecule has 2 aliphatic heterocycles. The minimum Gasteiger partial charge on any atom is -0.365 e. The molecule has 2 amide bonds. The van der Waals surface area contributed by atoms with E-state index in [4.69, 9.17) is 4.74 Å². The monoisotopic (exact) mass is 457 g/mol. The maximum atomic E-state index is 13.0. The number of anilines is 1. The second-order valence-corrected chi connectivity index (χ2v) is 8.63. The van der Waals surface area contributed by atoms with E-state index in [1.54, 1.807) is 6.20 Å². The third kappa shape index (κ3) is 4.55. The highest BCUT2D eigenvalue weighted by Crippen LogP contribution is 2.43. The summed E-state index contributed by atoms with van der Waals surface area (Å²) in [5.41, 5.74) is 2.98. The van der Waals surface area contributed by atoms with Gasteiger partial charge in [-0.2, -0.15) is 0 Å². The lowest BCUT2D eigenvalue weighted by atomic mass is 9.84. The topological polar surface area (TPSA) is 96.4 Å². The summed E-state index contributed by atoms with van der Waals surface area (Å²) in [6.45, 7) is 1.93. The quantitative estimate of drug-likeness (QED) is 0.591. The Bertz CT molecular complexity index is 1150. The van der Waals surface area contributed by atoms with Gasteiger partial charge in [-0.05, 0) is 29.5 Å². The van der Waals surface area contributed by atoms with E-state index in [1.165, 1.54) is 23.5 Å². The van der Waals surface area contributed by atoms with Crippen LogP contribution in [0.5, 0.6) is 0 Å². The molecule has 1 aromatic heterocycles. The van der Waals surface area contributed by atoms with Gasteiger partial charge in [0, 0.05) is 25.5 Å². The number of nitrogens with one attached hydrogen (secondary N) is 2. The van der Waals surface area contributed by atoms with Crippen LogP contribution in [0.2, 0.25) is 0 Å². The average Bonchev–Trinajstić information content (AvgIpc) is 3.24. The van der Waals surface area contributed by atoms with E-state index >= 15 is 0 Å². The summed E-state index contributed by atoms with van der Waals surface area (Å²) in [7, 11) is 0. The van der Waals surface area contributed by atoms with Crippen molar-refractivity contribution in [3.05, 3.63) is 89.9 Å². The first kappa shape index (κ1) is 22.2. The molecular formula is C26H27N5O3. The van der Waals surface area contributed by atoms with Crippen LogP contribution in [-0.2, 0) is 26.5 Å². The summed E-state index contributed by atoms with van der Waals surface area (Å²) in [5, 5.41) is 5.92. The predicted molar refractivity (Wildman–Crippen MR) is 127 cm³/mol. The zero-order chi connectivity index (χ0) is 23.4. The van der Waals surface area contributed by atoms with Crippen LogP contribution in [0, 0.1) is 0 Å². The fourth-order valence-electron chi connectivity index (χ4n) is 4.79. The first-order valence-electron chi connectivity index (χ1n) is 11.5. The van der Waals surface area contributed by atoms with Gasteiger partial charge < -0.3 is 15.0 Å². The van der Waals surface area contributed by atoms with Gasteiger partial charge in [-0.1, -0.05) is 54.6 Å². The van der Waals surface area contributed by atoms with Gasteiger partial charge in [0.1, 0.15) is 6.04 Å². The predicted octanol–water partition coefficient (Wildman–Crippen LogP) is 2.79. The number of rotatable bonds is 6. The highest BCUT2D eigenvalue weighted by atomic mass is 16.5. The first-order valence-corrected chi connectivity index (χ1v) is 11.5. The Morgan fingerprint density at radius 3 is 2.56 bits per heavy atom. The highest BCUT2D eigenvalue weighted by Gasteiger charge is 2.43. The van der Waals surface area contributed by atoms with Crippen LogP contribution in [0.3, 0.4) is 0 Å². The maximum absolute atomic E-state index is 13.0. The molecule has 0 bridgehead atoms. The lowest BCUT2D eigenvalue weighted by molar-refractivity contribution is -0.137. The van der Waals surface area contributed by atoms with Crippen LogP contribution in [-0.4, -0.2) is 46.3 Å². The number of carbonyl (C=O) groups excluding carboxylic acids is 2. The molecule has 1 fully saturated rings.